The van der Waals surface area contributed by atoms with E-state index in [1.807, 2.05) is 11.8 Å². The average molecular weight is 483 g/mol. The fourth-order valence-electron chi connectivity index (χ4n) is 4.50. The molecule has 0 bridgehead atoms. The van der Waals surface area contributed by atoms with Crippen LogP contribution in [0.5, 0.6) is 11.5 Å². The van der Waals surface area contributed by atoms with Crippen molar-refractivity contribution in [3.63, 3.8) is 0 Å². The Morgan fingerprint density at radius 2 is 2.00 bits per heavy atom. The Kier molecular flexibility index (Phi) is 5.99. The summed E-state index contributed by atoms with van der Waals surface area (Å²) in [6.07, 6.45) is 4.47. The minimum Gasteiger partial charge on any atom is -0.486 e. The van der Waals surface area contributed by atoms with Gasteiger partial charge in [0, 0.05) is 24.3 Å². The molecule has 0 saturated carbocycles. The van der Waals surface area contributed by atoms with Crippen molar-refractivity contribution in [3.05, 3.63) is 45.3 Å². The summed E-state index contributed by atoms with van der Waals surface area (Å²) in [5, 5.41) is 3.24. The van der Waals surface area contributed by atoms with Crippen molar-refractivity contribution < 1.29 is 19.1 Å². The molecular weight excluding hydrogens is 456 g/mol. The molecule has 0 spiro atoms. The maximum atomic E-state index is 13.2. The molecule has 2 amide bonds. The van der Waals surface area contributed by atoms with Crippen LogP contribution in [0.2, 0.25) is 0 Å². The van der Waals surface area contributed by atoms with Gasteiger partial charge in [-0.2, -0.15) is 0 Å². The van der Waals surface area contributed by atoms with Crippen molar-refractivity contribution in [3.8, 4) is 11.5 Å². The van der Waals surface area contributed by atoms with E-state index < -0.39 is 0 Å². The first kappa shape index (κ1) is 22.4. The second-order valence-corrected chi connectivity index (χ2v) is 9.66. The molecule has 1 atom stereocenters. The number of likely N-dealkylation sites (tertiary alicyclic amines) is 1. The predicted molar refractivity (Wildman–Crippen MR) is 129 cm³/mol. The number of aromatic nitrogens is 2. The van der Waals surface area contributed by atoms with Crippen LogP contribution in [-0.4, -0.2) is 52.1 Å². The van der Waals surface area contributed by atoms with Crippen LogP contribution in [0.25, 0.3) is 10.2 Å². The summed E-state index contributed by atoms with van der Waals surface area (Å²) in [4.78, 5) is 46.2. The molecular formula is C24H26N4O5S. The lowest BCUT2D eigenvalue weighted by Gasteiger charge is -2.33. The highest BCUT2D eigenvalue weighted by Crippen LogP contribution is 2.33. The van der Waals surface area contributed by atoms with Gasteiger partial charge in [-0.15, -0.1) is 11.3 Å². The number of rotatable bonds is 4. The number of benzene rings is 1. The van der Waals surface area contributed by atoms with E-state index in [0.29, 0.717) is 57.6 Å². The highest BCUT2D eigenvalue weighted by molar-refractivity contribution is 7.20. The van der Waals surface area contributed by atoms with E-state index in [0.717, 1.165) is 30.6 Å². The largest absolute Gasteiger partial charge is 0.486 e. The maximum Gasteiger partial charge on any atom is 0.266 e. The topological polar surface area (TPSA) is 103 Å². The Morgan fingerprint density at radius 3 is 2.79 bits per heavy atom. The molecule has 178 valence electrons. The predicted octanol–water partition coefficient (Wildman–Crippen LogP) is 3.19. The van der Waals surface area contributed by atoms with Crippen LogP contribution in [0.3, 0.4) is 0 Å². The number of carbonyl (C=O) groups excluding carboxylic acids is 2. The second-order valence-electron chi connectivity index (χ2n) is 8.66. The van der Waals surface area contributed by atoms with E-state index in [9.17, 15) is 14.4 Å². The minimum atomic E-state index is -0.332. The quantitative estimate of drug-likeness (QED) is 0.613. The molecule has 1 fully saturated rings. The number of hydrogen-bond acceptors (Lipinski definition) is 7. The third-order valence-corrected chi connectivity index (χ3v) is 7.55. The number of carbonyl (C=O) groups is 2. The van der Waals surface area contributed by atoms with E-state index in [4.69, 9.17) is 9.47 Å². The highest BCUT2D eigenvalue weighted by atomic mass is 32.1. The van der Waals surface area contributed by atoms with E-state index in [1.54, 1.807) is 25.1 Å². The van der Waals surface area contributed by atoms with Crippen molar-refractivity contribution in [2.75, 3.05) is 25.1 Å². The zero-order valence-corrected chi connectivity index (χ0v) is 19.9. The Balaban J connectivity index is 1.38. The summed E-state index contributed by atoms with van der Waals surface area (Å²) in [5.74, 6) is 0.802. The molecule has 2 aromatic heterocycles. The molecule has 0 radical (unpaired) electrons. The number of anilines is 1. The molecule has 10 heteroatoms. The number of fused-ring (bicyclic) bond motifs is 2. The Morgan fingerprint density at radius 1 is 1.21 bits per heavy atom. The second kappa shape index (κ2) is 9.09. The molecule has 0 unspecified atom stereocenters. The number of ether oxygens (including phenoxy) is 2. The fourth-order valence-corrected chi connectivity index (χ4v) is 5.54. The summed E-state index contributed by atoms with van der Waals surface area (Å²) in [7, 11) is 0. The molecule has 5 rings (SSSR count). The summed E-state index contributed by atoms with van der Waals surface area (Å²) in [5.41, 5.74) is 0.813. The fraction of sp³-hybridized carbons (Fsp3) is 0.417. The van der Waals surface area contributed by atoms with Crippen molar-refractivity contribution in [2.24, 2.45) is 0 Å². The zero-order chi connectivity index (χ0) is 23.8. The lowest BCUT2D eigenvalue weighted by molar-refractivity contribution is -0.135. The number of hydrogen-bond donors (Lipinski definition) is 1. The first-order valence-corrected chi connectivity index (χ1v) is 12.2. The molecule has 1 N–H and O–H groups in total. The SMILES string of the molecule is Cc1c(C(=O)Nc2ccc3c(c2)OCCO3)sc2ncn(CC(=O)N3CCCC[C@H]3C)c(=O)c12. The summed E-state index contributed by atoms with van der Waals surface area (Å²) < 4.78 is 12.4. The van der Waals surface area contributed by atoms with Crippen LogP contribution in [0.4, 0.5) is 5.69 Å². The first-order valence-electron chi connectivity index (χ1n) is 11.4. The Hall–Kier alpha value is -3.40. The van der Waals surface area contributed by atoms with Crippen molar-refractivity contribution in [2.45, 2.75) is 45.7 Å². The van der Waals surface area contributed by atoms with Crippen LogP contribution >= 0.6 is 11.3 Å². The van der Waals surface area contributed by atoms with Gasteiger partial charge in [0.15, 0.2) is 11.5 Å². The van der Waals surface area contributed by atoms with Gasteiger partial charge >= 0.3 is 0 Å². The zero-order valence-electron chi connectivity index (χ0n) is 19.1. The molecule has 1 saturated heterocycles. The van der Waals surface area contributed by atoms with Crippen LogP contribution < -0.4 is 20.3 Å². The number of piperidine rings is 1. The van der Waals surface area contributed by atoms with Gasteiger partial charge in [-0.25, -0.2) is 4.98 Å². The lowest BCUT2D eigenvalue weighted by atomic mass is 10.0. The van der Waals surface area contributed by atoms with Crippen molar-refractivity contribution >= 4 is 39.1 Å². The normalized spacial score (nSPS) is 17.6. The molecule has 2 aliphatic heterocycles. The summed E-state index contributed by atoms with van der Waals surface area (Å²) in [6.45, 7) is 5.38. The van der Waals surface area contributed by atoms with Gasteiger partial charge in [0.25, 0.3) is 11.5 Å². The standard InChI is InChI=1S/C24H26N4O5S/c1-14-5-3-4-8-28(14)19(29)12-27-13-25-23-20(24(27)31)15(2)21(34-23)22(30)26-16-6-7-17-18(11-16)33-10-9-32-17/h6-7,11,13-14H,3-5,8-10,12H2,1-2H3,(H,26,30)/t14-/m1/s1. The van der Waals surface area contributed by atoms with Gasteiger partial charge in [0.2, 0.25) is 5.91 Å². The molecule has 0 aliphatic carbocycles. The van der Waals surface area contributed by atoms with E-state index in [-0.39, 0.29) is 30.0 Å². The van der Waals surface area contributed by atoms with Gasteiger partial charge in [-0.1, -0.05) is 0 Å². The molecule has 9 nitrogen and oxygen atoms in total. The van der Waals surface area contributed by atoms with Crippen LogP contribution in [-0.2, 0) is 11.3 Å². The van der Waals surface area contributed by atoms with Crippen LogP contribution in [0.1, 0.15) is 41.4 Å². The van der Waals surface area contributed by atoms with Gasteiger partial charge in [0.1, 0.15) is 24.6 Å². The third kappa shape index (κ3) is 4.13. The average Bonchev–Trinajstić information content (AvgIpc) is 3.18. The number of amides is 2. The summed E-state index contributed by atoms with van der Waals surface area (Å²) in [6, 6.07) is 5.38. The van der Waals surface area contributed by atoms with Gasteiger partial charge < -0.3 is 19.7 Å². The van der Waals surface area contributed by atoms with E-state index >= 15 is 0 Å². The van der Waals surface area contributed by atoms with E-state index in [1.165, 1.54) is 10.9 Å². The number of aryl methyl sites for hydroxylation is 1. The molecule has 1 aromatic carbocycles. The number of nitrogens with one attached hydrogen (secondary N) is 1. The minimum absolute atomic E-state index is 0.0554. The smallest absolute Gasteiger partial charge is 0.266 e. The summed E-state index contributed by atoms with van der Waals surface area (Å²) >= 11 is 1.16. The lowest BCUT2D eigenvalue weighted by Crippen LogP contribution is -2.44. The Labute approximate surface area is 200 Å². The van der Waals surface area contributed by atoms with Crippen LogP contribution in [0, 0.1) is 6.92 Å². The number of thiophene rings is 1. The first-order chi connectivity index (χ1) is 16.4. The highest BCUT2D eigenvalue weighted by Gasteiger charge is 2.25. The molecule has 3 aromatic rings. The monoisotopic (exact) mass is 482 g/mol. The Bertz CT molecular complexity index is 1330. The van der Waals surface area contributed by atoms with E-state index in [2.05, 4.69) is 10.3 Å². The molecule has 4 heterocycles. The maximum absolute atomic E-state index is 13.2. The van der Waals surface area contributed by atoms with Crippen molar-refractivity contribution in [1.82, 2.24) is 14.5 Å². The van der Waals surface area contributed by atoms with Crippen molar-refractivity contribution in [1.29, 1.82) is 0 Å². The molecule has 34 heavy (non-hydrogen) atoms. The third-order valence-electron chi connectivity index (χ3n) is 6.35. The van der Waals surface area contributed by atoms with Crippen LogP contribution in [0.15, 0.2) is 29.3 Å². The molecule has 2 aliphatic rings. The number of nitrogens with zero attached hydrogens (tertiary/aromatic N) is 3. The van der Waals surface area contributed by atoms with Gasteiger partial charge in [-0.05, 0) is 50.8 Å². The van der Waals surface area contributed by atoms with Gasteiger partial charge in [0.05, 0.1) is 16.6 Å². The van der Waals surface area contributed by atoms with Gasteiger partial charge in [-0.3, -0.25) is 19.0 Å².